The van der Waals surface area contributed by atoms with E-state index in [1.807, 2.05) is 25.1 Å². The van der Waals surface area contributed by atoms with Crippen LogP contribution in [0.15, 0.2) is 54.6 Å². The van der Waals surface area contributed by atoms with Crippen LogP contribution in [0.1, 0.15) is 12.5 Å². The summed E-state index contributed by atoms with van der Waals surface area (Å²) in [7, 11) is 0. The van der Waals surface area contributed by atoms with E-state index in [2.05, 4.69) is 0 Å². The van der Waals surface area contributed by atoms with E-state index in [9.17, 15) is 9.59 Å². The third-order valence-corrected chi connectivity index (χ3v) is 3.33. The highest BCUT2D eigenvalue weighted by Gasteiger charge is 2.24. The summed E-state index contributed by atoms with van der Waals surface area (Å²) in [6, 6.07) is 16.3. The van der Waals surface area contributed by atoms with Crippen molar-refractivity contribution in [3.63, 3.8) is 0 Å². The van der Waals surface area contributed by atoms with Crippen molar-refractivity contribution in [3.05, 3.63) is 60.2 Å². The van der Waals surface area contributed by atoms with Crippen LogP contribution in [0.4, 0.5) is 5.69 Å². The first-order valence-electron chi connectivity index (χ1n) is 7.35. The van der Waals surface area contributed by atoms with E-state index >= 15 is 0 Å². The number of primary amides is 1. The lowest BCUT2D eigenvalue weighted by molar-refractivity contribution is -0.126. The summed E-state index contributed by atoms with van der Waals surface area (Å²) in [6.45, 7) is 3.44. The number of ether oxygens (including phenoxy) is 1. The van der Waals surface area contributed by atoms with Gasteiger partial charge in [0.05, 0.1) is 0 Å². The number of para-hydroxylation sites is 1. The predicted octanol–water partition coefficient (Wildman–Crippen LogP) is 2.28. The molecule has 0 fully saturated rings. The quantitative estimate of drug-likeness (QED) is 0.889. The standard InChI is InChI=1S/C18H20N2O3/c1-13-8-10-16(11-9-13)23-14(2)18(22)20(12-17(19)21)15-6-4-3-5-7-15/h3-11,14H,12H2,1-2H3,(H2,19,21). The summed E-state index contributed by atoms with van der Waals surface area (Å²) in [5.41, 5.74) is 6.98. The minimum atomic E-state index is -0.739. The van der Waals surface area contributed by atoms with Crippen molar-refractivity contribution < 1.29 is 14.3 Å². The van der Waals surface area contributed by atoms with Crippen molar-refractivity contribution in [1.82, 2.24) is 0 Å². The van der Waals surface area contributed by atoms with Crippen molar-refractivity contribution in [2.45, 2.75) is 20.0 Å². The molecule has 0 radical (unpaired) electrons. The van der Waals surface area contributed by atoms with Crippen LogP contribution in [0.25, 0.3) is 0 Å². The molecule has 0 spiro atoms. The van der Waals surface area contributed by atoms with Crippen LogP contribution < -0.4 is 15.4 Å². The summed E-state index contributed by atoms with van der Waals surface area (Å²) >= 11 is 0. The maximum absolute atomic E-state index is 12.6. The Bertz CT molecular complexity index is 668. The van der Waals surface area contributed by atoms with Gasteiger partial charge in [-0.3, -0.25) is 14.5 Å². The number of anilines is 1. The van der Waals surface area contributed by atoms with E-state index in [1.165, 1.54) is 4.90 Å². The highest BCUT2D eigenvalue weighted by atomic mass is 16.5. The molecule has 0 heterocycles. The zero-order valence-electron chi connectivity index (χ0n) is 13.2. The van der Waals surface area contributed by atoms with E-state index in [4.69, 9.17) is 10.5 Å². The second kappa shape index (κ2) is 7.45. The van der Waals surface area contributed by atoms with Gasteiger partial charge in [0.25, 0.3) is 5.91 Å². The van der Waals surface area contributed by atoms with Crippen LogP contribution >= 0.6 is 0 Å². The van der Waals surface area contributed by atoms with Gasteiger partial charge in [0.15, 0.2) is 6.10 Å². The van der Waals surface area contributed by atoms with E-state index in [1.54, 1.807) is 43.3 Å². The van der Waals surface area contributed by atoms with Gasteiger partial charge in [0.1, 0.15) is 12.3 Å². The number of carbonyl (C=O) groups is 2. The molecule has 0 aliphatic heterocycles. The molecule has 23 heavy (non-hydrogen) atoms. The molecule has 2 aromatic rings. The molecule has 0 aliphatic rings. The van der Waals surface area contributed by atoms with E-state index < -0.39 is 12.0 Å². The molecule has 0 bridgehead atoms. The Kier molecular flexibility index (Phi) is 5.36. The Morgan fingerprint density at radius 2 is 1.70 bits per heavy atom. The normalized spacial score (nSPS) is 11.6. The highest BCUT2D eigenvalue weighted by molar-refractivity contribution is 6.00. The second-order valence-electron chi connectivity index (χ2n) is 5.30. The lowest BCUT2D eigenvalue weighted by Gasteiger charge is -2.25. The van der Waals surface area contributed by atoms with Crippen molar-refractivity contribution >= 4 is 17.5 Å². The smallest absolute Gasteiger partial charge is 0.268 e. The molecule has 0 aliphatic carbocycles. The molecule has 0 saturated carbocycles. The molecule has 1 atom stereocenters. The number of benzene rings is 2. The number of hydrogen-bond donors (Lipinski definition) is 1. The number of aryl methyl sites for hydroxylation is 1. The van der Waals surface area contributed by atoms with Gasteiger partial charge in [-0.2, -0.15) is 0 Å². The molecule has 0 saturated heterocycles. The number of rotatable bonds is 6. The summed E-state index contributed by atoms with van der Waals surface area (Å²) < 4.78 is 5.67. The van der Waals surface area contributed by atoms with E-state index in [0.29, 0.717) is 11.4 Å². The van der Waals surface area contributed by atoms with Crippen LogP contribution in [-0.4, -0.2) is 24.5 Å². The maximum Gasteiger partial charge on any atom is 0.268 e. The minimum absolute atomic E-state index is 0.190. The largest absolute Gasteiger partial charge is 0.481 e. The monoisotopic (exact) mass is 312 g/mol. The molecule has 1 unspecified atom stereocenters. The van der Waals surface area contributed by atoms with Gasteiger partial charge in [-0.05, 0) is 38.1 Å². The van der Waals surface area contributed by atoms with Gasteiger partial charge in [0, 0.05) is 5.69 Å². The fourth-order valence-corrected chi connectivity index (χ4v) is 2.15. The second-order valence-corrected chi connectivity index (χ2v) is 5.30. The Morgan fingerprint density at radius 1 is 1.09 bits per heavy atom. The zero-order chi connectivity index (χ0) is 16.8. The predicted molar refractivity (Wildman–Crippen MR) is 89.3 cm³/mol. The third kappa shape index (κ3) is 4.57. The van der Waals surface area contributed by atoms with Crippen molar-refractivity contribution in [1.29, 1.82) is 0 Å². The van der Waals surface area contributed by atoms with Crippen molar-refractivity contribution in [2.75, 3.05) is 11.4 Å². The highest BCUT2D eigenvalue weighted by Crippen LogP contribution is 2.18. The zero-order valence-corrected chi connectivity index (χ0v) is 13.2. The first-order chi connectivity index (χ1) is 11.0. The van der Waals surface area contributed by atoms with E-state index in [0.717, 1.165) is 5.56 Å². The van der Waals surface area contributed by atoms with Crippen LogP contribution in [-0.2, 0) is 9.59 Å². The van der Waals surface area contributed by atoms with Gasteiger partial charge in [-0.1, -0.05) is 35.9 Å². The van der Waals surface area contributed by atoms with Gasteiger partial charge in [-0.15, -0.1) is 0 Å². The first-order valence-corrected chi connectivity index (χ1v) is 7.35. The Hall–Kier alpha value is -2.82. The number of carbonyl (C=O) groups excluding carboxylic acids is 2. The fraction of sp³-hybridized carbons (Fsp3) is 0.222. The molecule has 5 nitrogen and oxygen atoms in total. The van der Waals surface area contributed by atoms with Crippen LogP contribution in [0.3, 0.4) is 0 Å². The summed E-state index contributed by atoms with van der Waals surface area (Å²) in [5.74, 6) is -0.302. The van der Waals surface area contributed by atoms with Crippen molar-refractivity contribution in [2.24, 2.45) is 5.73 Å². The molecule has 2 aromatic carbocycles. The lowest BCUT2D eigenvalue weighted by atomic mass is 10.2. The van der Waals surface area contributed by atoms with Crippen LogP contribution in [0, 0.1) is 6.92 Å². The SMILES string of the molecule is Cc1ccc(OC(C)C(=O)N(CC(N)=O)c2ccccc2)cc1. The van der Waals surface area contributed by atoms with E-state index in [-0.39, 0.29) is 12.5 Å². The van der Waals surface area contributed by atoms with Gasteiger partial charge in [-0.25, -0.2) is 0 Å². The topological polar surface area (TPSA) is 72.6 Å². The molecule has 0 aromatic heterocycles. The Morgan fingerprint density at radius 3 is 2.26 bits per heavy atom. The van der Waals surface area contributed by atoms with Gasteiger partial charge in [0.2, 0.25) is 5.91 Å². The Labute approximate surface area is 135 Å². The first kappa shape index (κ1) is 16.5. The number of nitrogens with two attached hydrogens (primary N) is 1. The van der Waals surface area contributed by atoms with Crippen LogP contribution in [0.5, 0.6) is 5.75 Å². The number of hydrogen-bond acceptors (Lipinski definition) is 3. The molecule has 5 heteroatoms. The fourth-order valence-electron chi connectivity index (χ4n) is 2.15. The molecule has 2 rings (SSSR count). The maximum atomic E-state index is 12.6. The summed E-state index contributed by atoms with van der Waals surface area (Å²) in [5, 5.41) is 0. The lowest BCUT2D eigenvalue weighted by Crippen LogP contribution is -2.45. The molecular formula is C18H20N2O3. The average molecular weight is 312 g/mol. The minimum Gasteiger partial charge on any atom is -0.481 e. The summed E-state index contributed by atoms with van der Waals surface area (Å²) in [6.07, 6.45) is -0.739. The van der Waals surface area contributed by atoms with Gasteiger partial charge < -0.3 is 10.5 Å². The number of amides is 2. The van der Waals surface area contributed by atoms with Gasteiger partial charge >= 0.3 is 0 Å². The third-order valence-electron chi connectivity index (χ3n) is 3.33. The molecule has 2 N–H and O–H groups in total. The average Bonchev–Trinajstić information content (AvgIpc) is 2.54. The Balaban J connectivity index is 2.15. The number of nitrogens with zero attached hydrogens (tertiary/aromatic N) is 1. The molecule has 120 valence electrons. The molecule has 2 amide bonds. The van der Waals surface area contributed by atoms with Crippen molar-refractivity contribution in [3.8, 4) is 5.75 Å². The van der Waals surface area contributed by atoms with Crippen LogP contribution in [0.2, 0.25) is 0 Å². The summed E-state index contributed by atoms with van der Waals surface area (Å²) in [4.78, 5) is 25.3. The molecular weight excluding hydrogens is 292 g/mol.